The molecule has 110 valence electrons. The summed E-state index contributed by atoms with van der Waals surface area (Å²) in [7, 11) is 0. The molecule has 0 radical (unpaired) electrons. The van der Waals surface area contributed by atoms with E-state index in [-0.39, 0.29) is 12.0 Å². The van der Waals surface area contributed by atoms with Gasteiger partial charge in [0.1, 0.15) is 0 Å². The Bertz CT molecular complexity index is 545. The molecule has 2 atom stereocenters. The molecule has 1 aromatic carbocycles. The Morgan fingerprint density at radius 3 is 2.20 bits per heavy atom. The molecule has 2 rings (SSSR count). The highest BCUT2D eigenvalue weighted by Gasteiger charge is 2.52. The lowest BCUT2D eigenvalue weighted by atomic mass is 10.00. The van der Waals surface area contributed by atoms with Crippen molar-refractivity contribution in [1.29, 1.82) is 0 Å². The van der Waals surface area contributed by atoms with Crippen LogP contribution >= 0.6 is 0 Å². The van der Waals surface area contributed by atoms with Crippen LogP contribution in [0.25, 0.3) is 0 Å². The summed E-state index contributed by atoms with van der Waals surface area (Å²) >= 11 is 0. The number of alkyl halides is 5. The molecular formula is C13H11F5O2. The van der Waals surface area contributed by atoms with Crippen molar-refractivity contribution < 1.29 is 31.9 Å². The second-order valence-corrected chi connectivity index (χ2v) is 5.05. The maximum absolute atomic E-state index is 13.1. The quantitative estimate of drug-likeness (QED) is 0.850. The minimum absolute atomic E-state index is 0.00347. The number of rotatable bonds is 3. The van der Waals surface area contributed by atoms with Crippen molar-refractivity contribution in [1.82, 2.24) is 0 Å². The SMILES string of the molecule is CC(F)(F)C1CC1c1cc(C(=O)O)cc(C(F)(F)F)c1. The summed E-state index contributed by atoms with van der Waals surface area (Å²) in [5, 5.41) is 8.81. The van der Waals surface area contributed by atoms with Crippen molar-refractivity contribution in [2.45, 2.75) is 31.4 Å². The molecule has 7 heteroatoms. The van der Waals surface area contributed by atoms with Crippen molar-refractivity contribution in [3.8, 4) is 0 Å². The number of hydrogen-bond acceptors (Lipinski definition) is 1. The molecule has 1 aliphatic rings. The van der Waals surface area contributed by atoms with Gasteiger partial charge in [-0.1, -0.05) is 0 Å². The fraction of sp³-hybridized carbons (Fsp3) is 0.462. The Morgan fingerprint density at radius 1 is 1.20 bits per heavy atom. The topological polar surface area (TPSA) is 37.3 Å². The van der Waals surface area contributed by atoms with E-state index >= 15 is 0 Å². The normalized spacial score (nSPS) is 22.7. The zero-order valence-corrected chi connectivity index (χ0v) is 10.3. The average Bonchev–Trinajstić information content (AvgIpc) is 3.06. The molecule has 2 unspecified atom stereocenters. The molecule has 0 amide bonds. The number of carboxylic acid groups (broad SMARTS) is 1. The van der Waals surface area contributed by atoms with Crippen LogP contribution in [0.1, 0.15) is 40.7 Å². The monoisotopic (exact) mass is 294 g/mol. The lowest BCUT2D eigenvalue weighted by Crippen LogP contribution is -2.14. The zero-order chi connectivity index (χ0) is 15.3. The molecule has 0 aromatic heterocycles. The van der Waals surface area contributed by atoms with Gasteiger partial charge in [0.15, 0.2) is 0 Å². The van der Waals surface area contributed by atoms with Gasteiger partial charge in [0.2, 0.25) is 5.92 Å². The highest BCUT2D eigenvalue weighted by atomic mass is 19.4. The highest BCUT2D eigenvalue weighted by molar-refractivity contribution is 5.88. The van der Waals surface area contributed by atoms with E-state index in [4.69, 9.17) is 5.11 Å². The summed E-state index contributed by atoms with van der Waals surface area (Å²) in [5.41, 5.74) is -1.67. The lowest BCUT2D eigenvalue weighted by molar-refractivity contribution is -0.137. The second kappa shape index (κ2) is 4.43. The predicted molar refractivity (Wildman–Crippen MR) is 59.9 cm³/mol. The van der Waals surface area contributed by atoms with E-state index in [9.17, 15) is 26.7 Å². The van der Waals surface area contributed by atoms with Gasteiger partial charge in [0, 0.05) is 5.92 Å². The Labute approximate surface area is 111 Å². The summed E-state index contributed by atoms with van der Waals surface area (Å²) in [6.45, 7) is 0.712. The summed E-state index contributed by atoms with van der Waals surface area (Å²) in [6.07, 6.45) is -4.65. The third-order valence-electron chi connectivity index (χ3n) is 3.40. The Morgan fingerprint density at radius 2 is 1.80 bits per heavy atom. The number of benzene rings is 1. The van der Waals surface area contributed by atoms with Gasteiger partial charge in [-0.2, -0.15) is 13.2 Å². The van der Waals surface area contributed by atoms with Crippen LogP contribution in [0.4, 0.5) is 22.0 Å². The minimum atomic E-state index is -4.71. The van der Waals surface area contributed by atoms with E-state index in [0.29, 0.717) is 13.0 Å². The molecule has 1 aliphatic carbocycles. The molecule has 0 bridgehead atoms. The molecule has 1 saturated carbocycles. The predicted octanol–water partition coefficient (Wildman–Crippen LogP) is 4.16. The first-order valence-electron chi connectivity index (χ1n) is 5.83. The van der Waals surface area contributed by atoms with Crippen molar-refractivity contribution in [2.24, 2.45) is 5.92 Å². The van der Waals surface area contributed by atoms with Crippen molar-refractivity contribution in [3.63, 3.8) is 0 Å². The van der Waals surface area contributed by atoms with Gasteiger partial charge in [-0.3, -0.25) is 0 Å². The molecule has 1 fully saturated rings. The van der Waals surface area contributed by atoms with Gasteiger partial charge in [-0.05, 0) is 43.0 Å². The summed E-state index contributed by atoms with van der Waals surface area (Å²) in [4.78, 5) is 10.8. The van der Waals surface area contributed by atoms with Crippen molar-refractivity contribution >= 4 is 5.97 Å². The fourth-order valence-corrected chi connectivity index (χ4v) is 2.28. The number of carbonyl (C=O) groups is 1. The lowest BCUT2D eigenvalue weighted by Gasteiger charge is -2.12. The molecule has 0 heterocycles. The molecule has 1 aromatic rings. The van der Waals surface area contributed by atoms with E-state index in [0.717, 1.165) is 12.1 Å². The van der Waals surface area contributed by atoms with Crippen LogP contribution in [0.5, 0.6) is 0 Å². The summed E-state index contributed by atoms with van der Waals surface area (Å²) in [6, 6.07) is 2.30. The number of aromatic carboxylic acids is 1. The van der Waals surface area contributed by atoms with Crippen LogP contribution in [0.2, 0.25) is 0 Å². The van der Waals surface area contributed by atoms with Gasteiger partial charge < -0.3 is 5.11 Å². The third-order valence-corrected chi connectivity index (χ3v) is 3.40. The first-order valence-corrected chi connectivity index (χ1v) is 5.83. The number of carboxylic acids is 1. The zero-order valence-electron chi connectivity index (χ0n) is 10.3. The van der Waals surface area contributed by atoms with E-state index in [2.05, 4.69) is 0 Å². The Kier molecular flexibility index (Phi) is 3.26. The van der Waals surface area contributed by atoms with Crippen molar-refractivity contribution in [2.75, 3.05) is 0 Å². The maximum atomic E-state index is 13.1. The molecule has 0 saturated heterocycles. The van der Waals surface area contributed by atoms with Crippen LogP contribution in [0, 0.1) is 5.92 Å². The first-order chi connectivity index (χ1) is 9.00. The van der Waals surface area contributed by atoms with Gasteiger partial charge >= 0.3 is 12.1 Å². The summed E-state index contributed by atoms with van der Waals surface area (Å²) < 4.78 is 64.3. The van der Waals surface area contributed by atoms with Gasteiger partial charge in [-0.25, -0.2) is 13.6 Å². The van der Waals surface area contributed by atoms with Crippen LogP contribution in [0.3, 0.4) is 0 Å². The smallest absolute Gasteiger partial charge is 0.416 e. The van der Waals surface area contributed by atoms with Gasteiger partial charge in [-0.15, -0.1) is 0 Å². The van der Waals surface area contributed by atoms with E-state index in [1.165, 1.54) is 0 Å². The fourth-order valence-electron chi connectivity index (χ4n) is 2.28. The second-order valence-electron chi connectivity index (χ2n) is 5.05. The molecular weight excluding hydrogens is 283 g/mol. The van der Waals surface area contributed by atoms with E-state index in [1.54, 1.807) is 0 Å². The molecule has 0 spiro atoms. The maximum Gasteiger partial charge on any atom is 0.416 e. The Balaban J connectivity index is 2.40. The molecule has 20 heavy (non-hydrogen) atoms. The van der Waals surface area contributed by atoms with E-state index < -0.39 is 41.0 Å². The first kappa shape index (κ1) is 14.7. The minimum Gasteiger partial charge on any atom is -0.478 e. The average molecular weight is 294 g/mol. The number of hydrogen-bond donors (Lipinski definition) is 1. The van der Waals surface area contributed by atoms with E-state index in [1.807, 2.05) is 0 Å². The van der Waals surface area contributed by atoms with Crippen LogP contribution < -0.4 is 0 Å². The number of halogens is 5. The largest absolute Gasteiger partial charge is 0.478 e. The standard InChI is InChI=1S/C13H11F5O2/c1-12(14,15)10-5-9(10)6-2-7(11(19)20)4-8(3-6)13(16,17)18/h2-4,9-10H,5H2,1H3,(H,19,20). The third kappa shape index (κ3) is 2.91. The summed E-state index contributed by atoms with van der Waals surface area (Å²) in [5.74, 6) is -6.26. The van der Waals surface area contributed by atoms with Gasteiger partial charge in [0.25, 0.3) is 0 Å². The van der Waals surface area contributed by atoms with Crippen LogP contribution in [0.15, 0.2) is 18.2 Å². The molecule has 0 aliphatic heterocycles. The van der Waals surface area contributed by atoms with Crippen LogP contribution in [-0.4, -0.2) is 17.0 Å². The molecule has 1 N–H and O–H groups in total. The van der Waals surface area contributed by atoms with Gasteiger partial charge in [0.05, 0.1) is 11.1 Å². The Hall–Kier alpha value is -1.66. The van der Waals surface area contributed by atoms with Crippen LogP contribution in [-0.2, 0) is 6.18 Å². The van der Waals surface area contributed by atoms with Crippen molar-refractivity contribution in [3.05, 3.63) is 34.9 Å². The molecule has 2 nitrogen and oxygen atoms in total. The highest BCUT2D eigenvalue weighted by Crippen LogP contribution is 2.55.